The van der Waals surface area contributed by atoms with Gasteiger partial charge in [-0.05, 0) is 18.9 Å². The minimum absolute atomic E-state index is 0.491. The van der Waals surface area contributed by atoms with Crippen molar-refractivity contribution in [3.8, 4) is 0 Å². The van der Waals surface area contributed by atoms with E-state index in [4.69, 9.17) is 4.74 Å². The van der Waals surface area contributed by atoms with E-state index in [1.165, 1.54) is 0 Å². The van der Waals surface area contributed by atoms with Crippen molar-refractivity contribution in [2.75, 3.05) is 26.3 Å². The van der Waals surface area contributed by atoms with Gasteiger partial charge in [-0.1, -0.05) is 13.8 Å². The molecule has 5 heteroatoms. The highest BCUT2D eigenvalue weighted by Crippen LogP contribution is 2.27. The van der Waals surface area contributed by atoms with Crippen molar-refractivity contribution in [1.82, 2.24) is 15.5 Å². The molecule has 0 radical (unpaired) electrons. The summed E-state index contributed by atoms with van der Waals surface area (Å²) < 4.78 is 5.37. The fourth-order valence-corrected chi connectivity index (χ4v) is 2.81. The maximum absolute atomic E-state index is 5.37. The van der Waals surface area contributed by atoms with Crippen molar-refractivity contribution in [2.45, 2.75) is 32.6 Å². The second-order valence-electron chi connectivity index (χ2n) is 4.94. The third-order valence-electron chi connectivity index (χ3n) is 2.83. The fourth-order valence-electron chi connectivity index (χ4n) is 1.85. The summed E-state index contributed by atoms with van der Waals surface area (Å²) in [5.74, 6) is 1.19. The first-order valence-electron chi connectivity index (χ1n) is 6.36. The van der Waals surface area contributed by atoms with Crippen LogP contribution in [0.5, 0.6) is 0 Å². The number of rotatable bonds is 6. The van der Waals surface area contributed by atoms with Gasteiger partial charge in [-0.3, -0.25) is 0 Å². The Morgan fingerprint density at radius 1 is 1.47 bits per heavy atom. The molecule has 0 amide bonds. The van der Waals surface area contributed by atoms with E-state index in [-0.39, 0.29) is 0 Å². The van der Waals surface area contributed by atoms with Gasteiger partial charge in [0.2, 0.25) is 0 Å². The molecule has 1 atom stereocenters. The molecule has 0 aromatic carbocycles. The van der Waals surface area contributed by atoms with Crippen molar-refractivity contribution in [3.63, 3.8) is 0 Å². The molecular weight excluding hydrogens is 234 g/mol. The number of ether oxygens (including phenoxy) is 1. The van der Waals surface area contributed by atoms with Gasteiger partial charge in [0.15, 0.2) is 0 Å². The molecule has 1 aromatic rings. The average molecular weight is 255 g/mol. The van der Waals surface area contributed by atoms with E-state index < -0.39 is 0 Å². The van der Waals surface area contributed by atoms with Crippen LogP contribution in [-0.4, -0.2) is 36.5 Å². The van der Waals surface area contributed by atoms with Crippen molar-refractivity contribution < 1.29 is 4.74 Å². The van der Waals surface area contributed by atoms with Gasteiger partial charge in [-0.15, -0.1) is 21.5 Å². The van der Waals surface area contributed by atoms with Gasteiger partial charge < -0.3 is 10.1 Å². The van der Waals surface area contributed by atoms with Crippen LogP contribution in [0.1, 0.15) is 36.2 Å². The molecule has 96 valence electrons. The van der Waals surface area contributed by atoms with E-state index in [1.54, 1.807) is 11.3 Å². The van der Waals surface area contributed by atoms with Crippen LogP contribution in [0.3, 0.4) is 0 Å². The molecule has 1 unspecified atom stereocenters. The SMILES string of the molecule is CC(C)CNCCc1nnc(C2CCOC2)s1. The van der Waals surface area contributed by atoms with E-state index in [9.17, 15) is 0 Å². The molecule has 1 N–H and O–H groups in total. The van der Waals surface area contributed by atoms with Crippen molar-refractivity contribution >= 4 is 11.3 Å². The molecule has 1 saturated heterocycles. The molecule has 0 bridgehead atoms. The Morgan fingerprint density at radius 2 is 2.35 bits per heavy atom. The van der Waals surface area contributed by atoms with Gasteiger partial charge in [0.25, 0.3) is 0 Å². The minimum Gasteiger partial charge on any atom is -0.381 e. The third kappa shape index (κ3) is 4.01. The molecule has 1 aliphatic heterocycles. The number of nitrogens with zero attached hydrogens (tertiary/aromatic N) is 2. The van der Waals surface area contributed by atoms with Crippen molar-refractivity contribution in [2.24, 2.45) is 5.92 Å². The Labute approximate surface area is 107 Å². The maximum Gasteiger partial charge on any atom is 0.122 e. The molecule has 0 aliphatic carbocycles. The van der Waals surface area contributed by atoms with Gasteiger partial charge in [-0.2, -0.15) is 0 Å². The Hall–Kier alpha value is -0.520. The van der Waals surface area contributed by atoms with Crippen LogP contribution >= 0.6 is 11.3 Å². The predicted molar refractivity (Wildman–Crippen MR) is 69.5 cm³/mol. The van der Waals surface area contributed by atoms with Crippen molar-refractivity contribution in [1.29, 1.82) is 0 Å². The first kappa shape index (κ1) is 12.9. The Morgan fingerprint density at radius 3 is 3.06 bits per heavy atom. The average Bonchev–Trinajstić information content (AvgIpc) is 2.94. The standard InChI is InChI=1S/C12H21N3OS/c1-9(2)7-13-5-3-11-14-15-12(17-11)10-4-6-16-8-10/h9-10,13H,3-8H2,1-2H3. The van der Waals surface area contributed by atoms with Crippen LogP contribution in [0, 0.1) is 5.92 Å². The van der Waals surface area contributed by atoms with E-state index in [0.29, 0.717) is 11.8 Å². The lowest BCUT2D eigenvalue weighted by Crippen LogP contribution is -2.22. The Balaban J connectivity index is 1.74. The second kappa shape index (κ2) is 6.42. The zero-order valence-electron chi connectivity index (χ0n) is 10.6. The van der Waals surface area contributed by atoms with Crippen LogP contribution < -0.4 is 5.32 Å². The van der Waals surface area contributed by atoms with E-state index in [1.807, 2.05) is 0 Å². The first-order chi connectivity index (χ1) is 8.25. The smallest absolute Gasteiger partial charge is 0.122 e. The zero-order chi connectivity index (χ0) is 12.1. The fraction of sp³-hybridized carbons (Fsp3) is 0.833. The number of hydrogen-bond donors (Lipinski definition) is 1. The van der Waals surface area contributed by atoms with Crippen LogP contribution in [-0.2, 0) is 11.2 Å². The topological polar surface area (TPSA) is 47.0 Å². The monoisotopic (exact) mass is 255 g/mol. The summed E-state index contributed by atoms with van der Waals surface area (Å²) in [5, 5.41) is 14.2. The van der Waals surface area contributed by atoms with Crippen molar-refractivity contribution in [3.05, 3.63) is 10.0 Å². The number of aromatic nitrogens is 2. The van der Waals surface area contributed by atoms with E-state index in [2.05, 4.69) is 29.4 Å². The molecule has 1 aliphatic rings. The highest BCUT2D eigenvalue weighted by Gasteiger charge is 2.21. The predicted octanol–water partition coefficient (Wildman–Crippen LogP) is 1.83. The molecule has 17 heavy (non-hydrogen) atoms. The number of hydrogen-bond acceptors (Lipinski definition) is 5. The lowest BCUT2D eigenvalue weighted by molar-refractivity contribution is 0.194. The summed E-state index contributed by atoms with van der Waals surface area (Å²) in [6.45, 7) is 8.19. The summed E-state index contributed by atoms with van der Waals surface area (Å²) in [6.07, 6.45) is 2.08. The largest absolute Gasteiger partial charge is 0.381 e. The molecule has 2 heterocycles. The highest BCUT2D eigenvalue weighted by molar-refractivity contribution is 7.11. The lowest BCUT2D eigenvalue weighted by atomic mass is 10.1. The summed E-state index contributed by atoms with van der Waals surface area (Å²) >= 11 is 1.75. The van der Waals surface area contributed by atoms with Gasteiger partial charge >= 0.3 is 0 Å². The van der Waals surface area contributed by atoms with Crippen LogP contribution in [0.2, 0.25) is 0 Å². The second-order valence-corrected chi connectivity index (χ2v) is 6.04. The first-order valence-corrected chi connectivity index (χ1v) is 7.18. The summed E-state index contributed by atoms with van der Waals surface area (Å²) in [7, 11) is 0. The molecule has 1 fully saturated rings. The molecule has 2 rings (SSSR count). The zero-order valence-corrected chi connectivity index (χ0v) is 11.4. The summed E-state index contributed by atoms with van der Waals surface area (Å²) in [6, 6.07) is 0. The van der Waals surface area contributed by atoms with Gasteiger partial charge in [0.1, 0.15) is 10.0 Å². The molecule has 1 aromatic heterocycles. The van der Waals surface area contributed by atoms with Gasteiger partial charge in [0, 0.05) is 25.5 Å². The van der Waals surface area contributed by atoms with Gasteiger partial charge in [0.05, 0.1) is 6.61 Å². The summed E-state index contributed by atoms with van der Waals surface area (Å²) in [4.78, 5) is 0. The molecule has 0 spiro atoms. The molecular formula is C12H21N3OS. The van der Waals surface area contributed by atoms with E-state index in [0.717, 1.165) is 49.2 Å². The van der Waals surface area contributed by atoms with Crippen LogP contribution in [0.4, 0.5) is 0 Å². The Kier molecular flexibility index (Phi) is 4.88. The lowest BCUT2D eigenvalue weighted by Gasteiger charge is -2.05. The third-order valence-corrected chi connectivity index (χ3v) is 3.98. The van der Waals surface area contributed by atoms with Gasteiger partial charge in [-0.25, -0.2) is 0 Å². The van der Waals surface area contributed by atoms with E-state index >= 15 is 0 Å². The maximum atomic E-state index is 5.37. The minimum atomic E-state index is 0.491. The van der Waals surface area contributed by atoms with Crippen LogP contribution in [0.15, 0.2) is 0 Å². The van der Waals surface area contributed by atoms with Crippen LogP contribution in [0.25, 0.3) is 0 Å². The highest BCUT2D eigenvalue weighted by atomic mass is 32.1. The Bertz CT molecular complexity index is 334. The molecule has 0 saturated carbocycles. The molecule has 4 nitrogen and oxygen atoms in total. The number of nitrogens with one attached hydrogen (secondary N) is 1. The quantitative estimate of drug-likeness (QED) is 0.788. The normalized spacial score (nSPS) is 20.3. The summed E-state index contributed by atoms with van der Waals surface area (Å²) in [5.41, 5.74) is 0.